The molecule has 0 saturated carbocycles. The van der Waals surface area contributed by atoms with Crippen LogP contribution in [0.25, 0.3) is 17.2 Å². The summed E-state index contributed by atoms with van der Waals surface area (Å²) < 4.78 is 0. The number of hydrogen-bond acceptors (Lipinski definition) is 2. The van der Waals surface area contributed by atoms with Crippen LogP contribution in [0.15, 0.2) is 54.8 Å². The number of aromatic nitrogens is 1. The van der Waals surface area contributed by atoms with Crippen LogP contribution in [0.2, 0.25) is 0 Å². The molecule has 1 aliphatic heterocycles. The Hall–Kier alpha value is -2.72. The van der Waals surface area contributed by atoms with Gasteiger partial charge in [0.2, 0.25) is 0 Å². The highest BCUT2D eigenvalue weighted by Crippen LogP contribution is 2.39. The highest BCUT2D eigenvalue weighted by molar-refractivity contribution is 7.81. The molecule has 0 bridgehead atoms. The first-order valence-electron chi connectivity index (χ1n) is 7.44. The largest absolute Gasteiger partial charge is 0.362 e. The van der Waals surface area contributed by atoms with E-state index in [1.54, 1.807) is 0 Å². The summed E-state index contributed by atoms with van der Waals surface area (Å²) in [5, 5.41) is 2.94. The number of amides is 1. The van der Waals surface area contributed by atoms with Crippen LogP contribution in [0.1, 0.15) is 23.2 Å². The number of thiocarbonyl (C=S) groups is 1. The van der Waals surface area contributed by atoms with E-state index >= 15 is 0 Å². The topological polar surface area (TPSA) is 44.9 Å². The molecule has 1 aromatic carbocycles. The fourth-order valence-electron chi connectivity index (χ4n) is 2.98. The molecule has 1 amide bonds. The smallest absolute Gasteiger partial charge is 0.256 e. The number of aromatic amines is 1. The van der Waals surface area contributed by atoms with Crippen molar-refractivity contribution in [1.29, 1.82) is 0 Å². The lowest BCUT2D eigenvalue weighted by Gasteiger charge is -2.14. The number of fused-ring (bicyclic) bond motifs is 1. The second-order valence-corrected chi connectivity index (χ2v) is 5.99. The summed E-state index contributed by atoms with van der Waals surface area (Å²) in [4.78, 5) is 16.4. The van der Waals surface area contributed by atoms with Gasteiger partial charge >= 0.3 is 0 Å². The minimum absolute atomic E-state index is 0.0834. The zero-order chi connectivity index (χ0) is 15.8. The van der Waals surface area contributed by atoms with E-state index in [0.29, 0.717) is 5.57 Å². The van der Waals surface area contributed by atoms with Gasteiger partial charge < -0.3 is 10.3 Å². The minimum atomic E-state index is -0.0834. The first-order valence-corrected chi connectivity index (χ1v) is 7.85. The van der Waals surface area contributed by atoms with Crippen LogP contribution in [0.3, 0.4) is 0 Å². The molecule has 4 rings (SSSR count). The molecule has 1 aliphatic carbocycles. The van der Waals surface area contributed by atoms with Gasteiger partial charge in [0.15, 0.2) is 0 Å². The van der Waals surface area contributed by atoms with Crippen LogP contribution >= 0.6 is 12.2 Å². The van der Waals surface area contributed by atoms with E-state index in [1.165, 1.54) is 0 Å². The van der Waals surface area contributed by atoms with Gasteiger partial charge in [0, 0.05) is 34.4 Å². The Morgan fingerprint density at radius 2 is 2.09 bits per heavy atom. The average molecular weight is 318 g/mol. The summed E-state index contributed by atoms with van der Waals surface area (Å²) in [5.74, 6) is -0.0834. The molecule has 0 saturated heterocycles. The average Bonchev–Trinajstić information content (AvgIpc) is 3.17. The molecule has 0 atom stereocenters. The van der Waals surface area contributed by atoms with Crippen LogP contribution in [0.5, 0.6) is 0 Å². The molecule has 4 heteroatoms. The molecule has 112 valence electrons. The predicted octanol–water partition coefficient (Wildman–Crippen LogP) is 4.22. The van der Waals surface area contributed by atoms with Crippen LogP contribution in [-0.2, 0) is 4.79 Å². The Balaban J connectivity index is 1.91. The van der Waals surface area contributed by atoms with Crippen molar-refractivity contribution in [3.8, 4) is 0 Å². The van der Waals surface area contributed by atoms with Gasteiger partial charge in [0.1, 0.15) is 0 Å². The third-order valence-corrected chi connectivity index (χ3v) is 4.43. The molecule has 1 aromatic heterocycles. The van der Waals surface area contributed by atoms with Crippen molar-refractivity contribution < 1.29 is 4.79 Å². The monoisotopic (exact) mass is 318 g/mol. The molecule has 0 fully saturated rings. The van der Waals surface area contributed by atoms with Gasteiger partial charge in [0.25, 0.3) is 5.91 Å². The summed E-state index contributed by atoms with van der Waals surface area (Å²) in [6, 6.07) is 9.76. The van der Waals surface area contributed by atoms with Crippen molar-refractivity contribution in [2.45, 2.75) is 6.42 Å². The van der Waals surface area contributed by atoms with Gasteiger partial charge in [-0.15, -0.1) is 0 Å². The summed E-state index contributed by atoms with van der Waals surface area (Å²) in [6.07, 6.45) is 10.6. The number of hydrogen-bond donors (Lipinski definition) is 2. The number of H-pyrrole nitrogens is 1. The van der Waals surface area contributed by atoms with Crippen molar-refractivity contribution in [3.05, 3.63) is 71.6 Å². The third kappa shape index (κ3) is 2.37. The van der Waals surface area contributed by atoms with E-state index in [-0.39, 0.29) is 5.91 Å². The molecule has 23 heavy (non-hydrogen) atoms. The lowest BCUT2D eigenvalue weighted by atomic mass is 9.90. The highest BCUT2D eigenvalue weighted by Gasteiger charge is 2.28. The Bertz CT molecular complexity index is 901. The Morgan fingerprint density at radius 3 is 2.87 bits per heavy atom. The zero-order valence-electron chi connectivity index (χ0n) is 12.3. The van der Waals surface area contributed by atoms with Crippen molar-refractivity contribution in [2.24, 2.45) is 0 Å². The van der Waals surface area contributed by atoms with Crippen molar-refractivity contribution in [1.82, 2.24) is 4.98 Å². The summed E-state index contributed by atoms with van der Waals surface area (Å²) in [7, 11) is 0. The predicted molar refractivity (Wildman–Crippen MR) is 98.1 cm³/mol. The Labute approximate surface area is 139 Å². The molecule has 2 aliphatic rings. The molecular weight excluding hydrogens is 304 g/mol. The quantitative estimate of drug-likeness (QED) is 0.643. The van der Waals surface area contributed by atoms with E-state index in [9.17, 15) is 4.79 Å². The maximum atomic E-state index is 12.4. The molecule has 2 N–H and O–H groups in total. The second-order valence-electron chi connectivity index (χ2n) is 5.50. The van der Waals surface area contributed by atoms with Gasteiger partial charge in [-0.25, -0.2) is 0 Å². The fraction of sp³-hybridized carbons (Fsp3) is 0.0526. The van der Waals surface area contributed by atoms with Gasteiger partial charge in [0.05, 0.1) is 5.57 Å². The van der Waals surface area contributed by atoms with Crippen LogP contribution in [0, 0.1) is 0 Å². The Kier molecular flexibility index (Phi) is 3.32. The highest BCUT2D eigenvalue weighted by atomic mass is 32.1. The van der Waals surface area contributed by atoms with Crippen LogP contribution in [0.4, 0.5) is 5.69 Å². The molecule has 2 heterocycles. The zero-order valence-corrected chi connectivity index (χ0v) is 13.1. The number of allylic oxidation sites excluding steroid dienone is 4. The summed E-state index contributed by atoms with van der Waals surface area (Å²) in [5.41, 5.74) is 5.36. The number of carbonyl (C=O) groups is 1. The first kappa shape index (κ1) is 13.9. The van der Waals surface area contributed by atoms with Gasteiger partial charge in [-0.2, -0.15) is 0 Å². The molecule has 0 unspecified atom stereocenters. The molecule has 2 aromatic rings. The number of nitrogens with one attached hydrogen (secondary N) is 2. The maximum Gasteiger partial charge on any atom is 0.256 e. The Morgan fingerprint density at radius 1 is 1.17 bits per heavy atom. The van der Waals surface area contributed by atoms with E-state index in [1.807, 2.05) is 60.8 Å². The van der Waals surface area contributed by atoms with Gasteiger partial charge in [-0.05, 0) is 35.4 Å². The van der Waals surface area contributed by atoms with Crippen molar-refractivity contribution in [3.63, 3.8) is 0 Å². The molecule has 3 nitrogen and oxygen atoms in total. The third-order valence-electron chi connectivity index (χ3n) is 4.04. The van der Waals surface area contributed by atoms with E-state index in [2.05, 4.69) is 10.3 Å². The molecular formula is C19H14N2OS. The number of anilines is 1. The van der Waals surface area contributed by atoms with Crippen molar-refractivity contribution >= 4 is 45.9 Å². The summed E-state index contributed by atoms with van der Waals surface area (Å²) >= 11 is 5.51. The second kappa shape index (κ2) is 5.48. The molecule has 0 spiro atoms. The number of benzene rings is 1. The van der Waals surface area contributed by atoms with Crippen LogP contribution in [-0.4, -0.2) is 15.8 Å². The lowest BCUT2D eigenvalue weighted by Crippen LogP contribution is -2.04. The SMILES string of the molecule is O=C1Nc2cccc(C3=CC=CCC3=S)c2/C1=C/c1ccc[nH]1. The fourth-order valence-corrected chi connectivity index (χ4v) is 3.26. The van der Waals surface area contributed by atoms with E-state index in [4.69, 9.17) is 12.2 Å². The standard InChI is InChI=1S/C19H14N2OS/c22-19-15(11-12-5-4-10-20-12)18-14(7-3-8-16(18)21-19)13-6-1-2-9-17(13)23/h1-8,10-11,20H,9H2,(H,21,22)/b15-11-. The van der Waals surface area contributed by atoms with Crippen molar-refractivity contribution in [2.75, 3.05) is 5.32 Å². The molecule has 0 radical (unpaired) electrons. The van der Waals surface area contributed by atoms with E-state index in [0.717, 1.165) is 39.4 Å². The van der Waals surface area contributed by atoms with Gasteiger partial charge in [-0.3, -0.25) is 4.79 Å². The maximum absolute atomic E-state index is 12.4. The van der Waals surface area contributed by atoms with Gasteiger partial charge in [-0.1, -0.05) is 42.6 Å². The minimum Gasteiger partial charge on any atom is -0.362 e. The number of rotatable bonds is 2. The normalized spacial score (nSPS) is 18.1. The van der Waals surface area contributed by atoms with E-state index < -0.39 is 0 Å². The lowest BCUT2D eigenvalue weighted by molar-refractivity contribution is -0.110. The number of carbonyl (C=O) groups excluding carboxylic acids is 1. The first-order chi connectivity index (χ1) is 11.2. The van der Waals surface area contributed by atoms with Crippen LogP contribution < -0.4 is 5.32 Å². The summed E-state index contributed by atoms with van der Waals surface area (Å²) in [6.45, 7) is 0.